The SMILES string of the molecule is C.C.C=C=C(Cc1ccc(Nc2cc3c(cn2)CCN(c2cnc4c(c2C)N(C(C)=O)CCO4)C3)cc1F)N1CCN(C2CN(c3cc(C)c(C4CCC(=O)NC4=O)cc3F)C2)CC1.CCC(C)(C)C.[HH]. The van der Waals surface area contributed by atoms with Gasteiger partial charge in [-0.1, -0.05) is 61.6 Å². The van der Waals surface area contributed by atoms with Crippen LogP contribution in [0.1, 0.15) is 109 Å². The van der Waals surface area contributed by atoms with E-state index in [-0.39, 0.29) is 58.1 Å². The van der Waals surface area contributed by atoms with E-state index in [2.05, 4.69) is 75.3 Å². The number of halogens is 2. The van der Waals surface area contributed by atoms with Gasteiger partial charge in [0, 0.05) is 97.0 Å². The van der Waals surface area contributed by atoms with Crippen molar-refractivity contribution in [2.75, 3.05) is 79.0 Å². The second kappa shape index (κ2) is 22.2. The molecule has 5 aliphatic heterocycles. The van der Waals surface area contributed by atoms with E-state index in [9.17, 15) is 14.4 Å². The van der Waals surface area contributed by atoms with Crippen LogP contribution in [-0.4, -0.2) is 102 Å². The van der Waals surface area contributed by atoms with Crippen LogP contribution in [0.2, 0.25) is 0 Å². The normalized spacial score (nSPS) is 18.0. The molecule has 1 atom stereocenters. The van der Waals surface area contributed by atoms with Crippen molar-refractivity contribution in [1.82, 2.24) is 25.1 Å². The smallest absolute Gasteiger partial charge is 0.238 e. The summed E-state index contributed by atoms with van der Waals surface area (Å²) in [5, 5.41) is 5.67. The number of amides is 3. The summed E-state index contributed by atoms with van der Waals surface area (Å²) in [4.78, 5) is 56.4. The molecule has 3 saturated heterocycles. The minimum absolute atomic E-state index is 0. The number of fused-ring (bicyclic) bond motifs is 2. The van der Waals surface area contributed by atoms with Crippen molar-refractivity contribution in [1.29, 1.82) is 0 Å². The Labute approximate surface area is 415 Å². The molecule has 9 rings (SSSR count). The lowest BCUT2D eigenvalue weighted by Crippen LogP contribution is -2.63. The van der Waals surface area contributed by atoms with Gasteiger partial charge in [0.2, 0.25) is 23.6 Å². The summed E-state index contributed by atoms with van der Waals surface area (Å²) in [7, 11) is 0. The van der Waals surface area contributed by atoms with Crippen LogP contribution < -0.4 is 30.1 Å². The van der Waals surface area contributed by atoms with E-state index in [4.69, 9.17) is 4.74 Å². The van der Waals surface area contributed by atoms with Gasteiger partial charge in [-0.25, -0.2) is 18.7 Å². The molecule has 0 saturated carbocycles. The Hall–Kier alpha value is -6.31. The quantitative estimate of drug-likeness (QED) is 0.123. The highest BCUT2D eigenvalue weighted by molar-refractivity contribution is 6.01. The minimum atomic E-state index is -0.522. The van der Waals surface area contributed by atoms with Gasteiger partial charge in [-0.05, 0) is 90.3 Å². The van der Waals surface area contributed by atoms with E-state index in [0.717, 1.165) is 78.5 Å². The minimum Gasteiger partial charge on any atom is -0.474 e. The fourth-order valence-corrected chi connectivity index (χ4v) is 9.59. The molecule has 2 aromatic carbocycles. The number of aryl methyl sites for hydroxylation is 1. The van der Waals surface area contributed by atoms with Gasteiger partial charge in [0.1, 0.15) is 29.7 Å². The van der Waals surface area contributed by atoms with Crippen LogP contribution in [-0.2, 0) is 33.8 Å². The molecule has 0 aliphatic carbocycles. The van der Waals surface area contributed by atoms with Crippen molar-refractivity contribution in [3.63, 3.8) is 0 Å². The lowest BCUT2D eigenvalue weighted by atomic mass is 9.87. The zero-order valence-electron chi connectivity index (χ0n) is 40.6. The molecule has 3 amide bonds. The van der Waals surface area contributed by atoms with Gasteiger partial charge >= 0.3 is 0 Å². The summed E-state index contributed by atoms with van der Waals surface area (Å²) in [6.07, 6.45) is 6.78. The molecule has 0 spiro atoms. The van der Waals surface area contributed by atoms with Crippen molar-refractivity contribution >= 4 is 46.3 Å². The lowest BCUT2D eigenvalue weighted by Gasteiger charge is -2.49. The predicted octanol–water partition coefficient (Wildman–Crippen LogP) is 9.62. The van der Waals surface area contributed by atoms with Crippen molar-refractivity contribution in [2.45, 2.75) is 114 Å². The fraction of sp³-hybridized carbons (Fsp3) is 0.491. The van der Waals surface area contributed by atoms with Crippen LogP contribution in [0.4, 0.5) is 37.3 Å². The zero-order chi connectivity index (χ0) is 48.4. The average Bonchev–Trinajstić information content (AvgIpc) is 3.29. The number of imide groups is 1. The van der Waals surface area contributed by atoms with Gasteiger partial charge in [0.05, 0.1) is 35.7 Å². The first-order valence-electron chi connectivity index (χ1n) is 24.0. The number of nitrogens with one attached hydrogen (secondary N) is 2. The standard InChI is InChI=1S/C47H51F2N9O4.C6H14.2CH4.H2/c1-5-35(54-12-14-55(15-13-54)36-26-57(27-36)41-18-28(2)38(22-40(41)49)37-8-9-44(60)53-46(37)61)19-31-6-7-34(21-39(31)48)52-43-20-33-25-56(11-10-32(33)23-50-43)42-24-51-47-45(29(42)3)58(30(4)59)16-17-62-47;1-5-6(2,3)4;;;/h6-7,18,20-24,36-37H,1,8-17,19,25-27H2,2-4H3,(H,50,52)(H,53,60,61);5H2,1-4H3;2*1H4;1H. The Morgan fingerprint density at radius 3 is 2.31 bits per heavy atom. The third-order valence-electron chi connectivity index (χ3n) is 14.2. The van der Waals surface area contributed by atoms with Gasteiger partial charge in [0.15, 0.2) is 0 Å². The van der Waals surface area contributed by atoms with E-state index in [1.807, 2.05) is 49.3 Å². The first-order valence-corrected chi connectivity index (χ1v) is 24.0. The van der Waals surface area contributed by atoms with Crippen molar-refractivity contribution in [2.24, 2.45) is 5.41 Å². The molecule has 1 unspecified atom stereocenters. The fourth-order valence-electron chi connectivity index (χ4n) is 9.59. The summed E-state index contributed by atoms with van der Waals surface area (Å²) >= 11 is 0. The number of carbonyl (C=O) groups excluding carboxylic acids is 3. The molecule has 0 radical (unpaired) electrons. The van der Waals surface area contributed by atoms with Crippen LogP contribution in [0.25, 0.3) is 0 Å². The lowest BCUT2D eigenvalue weighted by molar-refractivity contribution is -0.134. The number of nitrogens with zero attached hydrogens (tertiary/aromatic N) is 7. The molecule has 3 fully saturated rings. The number of aromatic nitrogens is 2. The Kier molecular flexibility index (Phi) is 16.8. The monoisotopic (exact) mass is 964 g/mol. The van der Waals surface area contributed by atoms with Crippen LogP contribution in [0.5, 0.6) is 5.88 Å². The summed E-state index contributed by atoms with van der Waals surface area (Å²) in [6.45, 7) is 25.2. The molecule has 2 aromatic heterocycles. The van der Waals surface area contributed by atoms with Crippen LogP contribution in [0.3, 0.4) is 0 Å². The number of piperidine rings is 1. The molecule has 2 N–H and O–H groups in total. The van der Waals surface area contributed by atoms with Crippen molar-refractivity contribution in [3.8, 4) is 5.88 Å². The summed E-state index contributed by atoms with van der Waals surface area (Å²) in [5.74, 6) is -0.785. The summed E-state index contributed by atoms with van der Waals surface area (Å²) in [6, 6.07) is 10.8. The highest BCUT2D eigenvalue weighted by Gasteiger charge is 2.37. The Balaban J connectivity index is 0.000000982. The molecule has 4 aromatic rings. The maximum absolute atomic E-state index is 15.7. The number of anilines is 5. The molecule has 70 heavy (non-hydrogen) atoms. The van der Waals surface area contributed by atoms with E-state index in [0.29, 0.717) is 85.2 Å². The largest absolute Gasteiger partial charge is 0.474 e. The van der Waals surface area contributed by atoms with E-state index >= 15 is 8.78 Å². The van der Waals surface area contributed by atoms with Gasteiger partial charge < -0.3 is 29.7 Å². The maximum Gasteiger partial charge on any atom is 0.238 e. The van der Waals surface area contributed by atoms with Gasteiger partial charge in [-0.2, -0.15) is 0 Å². The molecule has 0 bridgehead atoms. The number of allylic oxidation sites excluding steroid dienone is 1. The number of carbonyl (C=O) groups is 3. The Morgan fingerprint density at radius 1 is 0.929 bits per heavy atom. The van der Waals surface area contributed by atoms with E-state index in [1.165, 1.54) is 18.6 Å². The third-order valence-corrected chi connectivity index (χ3v) is 14.2. The first kappa shape index (κ1) is 53.0. The first-order chi connectivity index (χ1) is 32.5. The average molecular weight is 964 g/mol. The van der Waals surface area contributed by atoms with E-state index in [1.54, 1.807) is 17.9 Å². The molecule has 5 aliphatic rings. The molecular formula is C55H75F2N9O4. The van der Waals surface area contributed by atoms with Gasteiger partial charge in [0.25, 0.3) is 0 Å². The molecular weight excluding hydrogens is 889 g/mol. The Bertz CT molecular complexity index is 2640. The molecule has 378 valence electrons. The van der Waals surface area contributed by atoms with Crippen LogP contribution in [0, 0.1) is 30.9 Å². The molecule has 15 heteroatoms. The summed E-state index contributed by atoms with van der Waals surface area (Å²) in [5.41, 5.74) is 12.5. The van der Waals surface area contributed by atoms with Crippen molar-refractivity contribution in [3.05, 3.63) is 112 Å². The number of hydrogen-bond acceptors (Lipinski definition) is 11. The summed E-state index contributed by atoms with van der Waals surface area (Å²) < 4.78 is 36.9. The van der Waals surface area contributed by atoms with Gasteiger partial charge in [-0.15, -0.1) is 5.73 Å². The van der Waals surface area contributed by atoms with E-state index < -0.39 is 5.92 Å². The third kappa shape index (κ3) is 11.6. The topological polar surface area (TPSA) is 126 Å². The maximum atomic E-state index is 15.7. The number of ether oxygens (including phenoxy) is 1. The van der Waals surface area contributed by atoms with Crippen LogP contribution in [0.15, 0.2) is 66.8 Å². The molecule has 13 nitrogen and oxygen atoms in total. The second-order valence-corrected chi connectivity index (χ2v) is 19.8. The highest BCUT2D eigenvalue weighted by Crippen LogP contribution is 2.40. The number of piperazine rings is 1. The number of rotatable bonds is 9. The molecule has 7 heterocycles. The number of hydrogen-bond donors (Lipinski definition) is 2. The number of benzene rings is 2. The predicted molar refractivity (Wildman–Crippen MR) is 278 cm³/mol. The highest BCUT2D eigenvalue weighted by atomic mass is 19.1. The second-order valence-electron chi connectivity index (χ2n) is 19.8. The Morgan fingerprint density at radius 2 is 1.66 bits per heavy atom. The van der Waals surface area contributed by atoms with Gasteiger partial charge in [-0.3, -0.25) is 24.6 Å². The van der Waals surface area contributed by atoms with Crippen LogP contribution >= 0.6 is 0 Å². The van der Waals surface area contributed by atoms with Crippen molar-refractivity contribution < 1.29 is 29.3 Å². The zero-order valence-corrected chi connectivity index (χ0v) is 40.6. The number of pyridine rings is 2.